The maximum absolute atomic E-state index is 11.9. The molecule has 0 aliphatic heterocycles. The number of phenols is 1. The molecule has 0 aliphatic carbocycles. The van der Waals surface area contributed by atoms with E-state index in [4.69, 9.17) is 0 Å². The molecule has 0 amide bonds. The van der Waals surface area contributed by atoms with Crippen molar-refractivity contribution in [2.45, 2.75) is 0 Å². The molecule has 0 saturated heterocycles. The summed E-state index contributed by atoms with van der Waals surface area (Å²) >= 11 is 0. The number of benzene rings is 2. The predicted molar refractivity (Wildman–Crippen MR) is 56.8 cm³/mol. The number of aromatic hydroxyl groups is 1. The molecule has 2 nitrogen and oxygen atoms in total. The third kappa shape index (κ3) is 1.89. The first-order valence-corrected chi connectivity index (χ1v) is 4.58. The van der Waals surface area contributed by atoms with Gasteiger partial charge in [0, 0.05) is 5.56 Å². The van der Waals surface area contributed by atoms with Crippen LogP contribution < -0.4 is 0 Å². The molecule has 15 heavy (non-hydrogen) atoms. The molecular formula is C13H9O2. The van der Waals surface area contributed by atoms with E-state index >= 15 is 0 Å². The van der Waals surface area contributed by atoms with E-state index in [1.807, 2.05) is 0 Å². The first-order valence-electron chi connectivity index (χ1n) is 4.58. The van der Waals surface area contributed by atoms with E-state index in [0.29, 0.717) is 11.1 Å². The predicted octanol–water partition coefficient (Wildman–Crippen LogP) is 2.42. The Bertz CT molecular complexity index is 475. The van der Waals surface area contributed by atoms with Gasteiger partial charge in [-0.25, -0.2) is 0 Å². The van der Waals surface area contributed by atoms with Gasteiger partial charge in [-0.15, -0.1) is 0 Å². The molecule has 1 radical (unpaired) electrons. The molecule has 1 N–H and O–H groups in total. The summed E-state index contributed by atoms with van der Waals surface area (Å²) in [6.45, 7) is 0. The first-order chi connectivity index (χ1) is 7.29. The monoisotopic (exact) mass is 197 g/mol. The summed E-state index contributed by atoms with van der Waals surface area (Å²) in [5.41, 5.74) is 0.763. The first kappa shape index (κ1) is 9.46. The highest BCUT2D eigenvalue weighted by Crippen LogP contribution is 2.19. The van der Waals surface area contributed by atoms with Crippen molar-refractivity contribution in [2.75, 3.05) is 0 Å². The average Bonchev–Trinajstić information content (AvgIpc) is 2.30. The lowest BCUT2D eigenvalue weighted by Gasteiger charge is -2.02. The number of rotatable bonds is 2. The van der Waals surface area contributed by atoms with Crippen LogP contribution in [0, 0.1) is 6.07 Å². The Hall–Kier alpha value is -2.09. The lowest BCUT2D eigenvalue weighted by molar-refractivity contribution is 0.103. The minimum Gasteiger partial charge on any atom is -0.507 e. The van der Waals surface area contributed by atoms with Gasteiger partial charge in [0.2, 0.25) is 0 Å². The van der Waals surface area contributed by atoms with Crippen LogP contribution in [0.4, 0.5) is 0 Å². The Morgan fingerprint density at radius 3 is 2.47 bits per heavy atom. The molecular weight excluding hydrogens is 188 g/mol. The van der Waals surface area contributed by atoms with Crippen molar-refractivity contribution >= 4 is 5.78 Å². The second kappa shape index (κ2) is 3.96. The maximum Gasteiger partial charge on any atom is 0.197 e. The van der Waals surface area contributed by atoms with Gasteiger partial charge in [0.05, 0.1) is 5.56 Å². The molecule has 0 spiro atoms. The second-order valence-corrected chi connectivity index (χ2v) is 3.12. The number of carbonyl (C=O) groups is 1. The van der Waals surface area contributed by atoms with Gasteiger partial charge in [0.1, 0.15) is 5.75 Å². The molecule has 0 saturated carbocycles. The Labute approximate surface area is 87.8 Å². The van der Waals surface area contributed by atoms with Crippen LogP contribution in [0.1, 0.15) is 15.9 Å². The summed E-state index contributed by atoms with van der Waals surface area (Å²) in [6.07, 6.45) is 0. The summed E-state index contributed by atoms with van der Waals surface area (Å²) in [5, 5.41) is 9.51. The zero-order valence-corrected chi connectivity index (χ0v) is 7.97. The van der Waals surface area contributed by atoms with E-state index in [0.717, 1.165) is 0 Å². The molecule has 0 atom stereocenters. The smallest absolute Gasteiger partial charge is 0.197 e. The van der Waals surface area contributed by atoms with Crippen LogP contribution in [0.15, 0.2) is 48.5 Å². The van der Waals surface area contributed by atoms with Gasteiger partial charge in [0.25, 0.3) is 0 Å². The van der Waals surface area contributed by atoms with Crippen LogP contribution in [-0.4, -0.2) is 10.9 Å². The van der Waals surface area contributed by atoms with Crippen molar-refractivity contribution < 1.29 is 9.90 Å². The Morgan fingerprint density at radius 2 is 1.80 bits per heavy atom. The van der Waals surface area contributed by atoms with Gasteiger partial charge in [-0.3, -0.25) is 4.79 Å². The van der Waals surface area contributed by atoms with E-state index < -0.39 is 0 Å². The molecule has 2 rings (SSSR count). The molecule has 0 fully saturated rings. The highest BCUT2D eigenvalue weighted by molar-refractivity contribution is 6.10. The van der Waals surface area contributed by atoms with Crippen LogP contribution in [0.2, 0.25) is 0 Å². The van der Waals surface area contributed by atoms with Crippen LogP contribution in [0.25, 0.3) is 0 Å². The highest BCUT2D eigenvalue weighted by Gasteiger charge is 2.11. The lowest BCUT2D eigenvalue weighted by Crippen LogP contribution is -2.01. The minimum absolute atomic E-state index is 0.000229. The SMILES string of the molecule is O=C(c1[c]cccc1)c1ccccc1O. The standard InChI is InChI=1S/C13H9O2/c14-12-9-5-4-8-11(12)13(15)10-6-2-1-3-7-10/h1-6,8-9,14H. The van der Waals surface area contributed by atoms with E-state index in [1.165, 1.54) is 6.07 Å². The summed E-state index contributed by atoms with van der Waals surface area (Å²) in [5.74, 6) is -0.214. The zero-order chi connectivity index (χ0) is 10.7. The topological polar surface area (TPSA) is 37.3 Å². The van der Waals surface area contributed by atoms with E-state index in [-0.39, 0.29) is 11.5 Å². The number of carbonyl (C=O) groups excluding carboxylic acids is 1. The number of hydrogen-bond donors (Lipinski definition) is 1. The summed E-state index contributed by atoms with van der Waals surface area (Å²) < 4.78 is 0. The van der Waals surface area contributed by atoms with Gasteiger partial charge in [-0.2, -0.15) is 0 Å². The molecule has 2 aromatic rings. The molecule has 2 aromatic carbocycles. The van der Waals surface area contributed by atoms with Crippen molar-refractivity contribution in [2.24, 2.45) is 0 Å². The molecule has 0 aliphatic rings. The minimum atomic E-state index is -0.214. The van der Waals surface area contributed by atoms with Crippen LogP contribution >= 0.6 is 0 Å². The number of hydrogen-bond acceptors (Lipinski definition) is 2. The summed E-state index contributed by atoms with van der Waals surface area (Å²) in [6, 6.07) is 16.2. The maximum atomic E-state index is 11.9. The Balaban J connectivity index is 2.42. The third-order valence-corrected chi connectivity index (χ3v) is 2.10. The largest absolute Gasteiger partial charge is 0.507 e. The van der Waals surface area contributed by atoms with Gasteiger partial charge in [-0.1, -0.05) is 36.4 Å². The van der Waals surface area contributed by atoms with Crippen molar-refractivity contribution in [1.82, 2.24) is 0 Å². The third-order valence-electron chi connectivity index (χ3n) is 2.10. The molecule has 2 heteroatoms. The molecule has 73 valence electrons. The summed E-state index contributed by atoms with van der Waals surface area (Å²) in [7, 11) is 0. The number of para-hydroxylation sites is 1. The average molecular weight is 197 g/mol. The zero-order valence-electron chi connectivity index (χ0n) is 7.97. The van der Waals surface area contributed by atoms with Crippen LogP contribution in [0.3, 0.4) is 0 Å². The fourth-order valence-corrected chi connectivity index (χ4v) is 1.35. The van der Waals surface area contributed by atoms with Crippen molar-refractivity contribution in [3.8, 4) is 5.75 Å². The van der Waals surface area contributed by atoms with E-state index in [2.05, 4.69) is 6.07 Å². The molecule has 0 unspecified atom stereocenters. The van der Waals surface area contributed by atoms with E-state index in [1.54, 1.807) is 42.5 Å². The Morgan fingerprint density at radius 1 is 1.07 bits per heavy atom. The van der Waals surface area contributed by atoms with Gasteiger partial charge < -0.3 is 5.11 Å². The van der Waals surface area contributed by atoms with Gasteiger partial charge in [-0.05, 0) is 18.2 Å². The molecule has 0 heterocycles. The molecule has 0 aromatic heterocycles. The van der Waals surface area contributed by atoms with Gasteiger partial charge >= 0.3 is 0 Å². The molecule has 0 bridgehead atoms. The number of phenolic OH excluding ortho intramolecular Hbond substituents is 1. The number of ketones is 1. The Kier molecular flexibility index (Phi) is 2.50. The fraction of sp³-hybridized carbons (Fsp3) is 0. The summed E-state index contributed by atoms with van der Waals surface area (Å²) in [4.78, 5) is 11.9. The van der Waals surface area contributed by atoms with Gasteiger partial charge in [0.15, 0.2) is 5.78 Å². The normalized spacial score (nSPS) is 9.87. The van der Waals surface area contributed by atoms with Crippen LogP contribution in [-0.2, 0) is 0 Å². The van der Waals surface area contributed by atoms with Crippen molar-refractivity contribution in [3.05, 3.63) is 65.7 Å². The quantitative estimate of drug-likeness (QED) is 0.751. The highest BCUT2D eigenvalue weighted by atomic mass is 16.3. The van der Waals surface area contributed by atoms with Crippen molar-refractivity contribution in [3.63, 3.8) is 0 Å². The van der Waals surface area contributed by atoms with E-state index in [9.17, 15) is 9.90 Å². The van der Waals surface area contributed by atoms with Crippen LogP contribution in [0.5, 0.6) is 5.75 Å². The second-order valence-electron chi connectivity index (χ2n) is 3.12. The fourth-order valence-electron chi connectivity index (χ4n) is 1.35. The lowest BCUT2D eigenvalue weighted by atomic mass is 10.0. The van der Waals surface area contributed by atoms with Crippen molar-refractivity contribution in [1.29, 1.82) is 0 Å².